The molecule has 0 unspecified atom stereocenters. The quantitative estimate of drug-likeness (QED) is 0.437. The van der Waals surface area contributed by atoms with Gasteiger partial charge in [0.25, 0.3) is 0 Å². The van der Waals surface area contributed by atoms with E-state index in [0.717, 1.165) is 18.3 Å². The molecular weight excluding hydrogens is 171 g/mol. The number of hydrogen-bond acceptors (Lipinski definition) is 3. The topological polar surface area (TPSA) is 50.1 Å². The molecule has 9 heavy (non-hydrogen) atoms. The molecule has 0 spiro atoms. The molecule has 47 valence electrons. The van der Waals surface area contributed by atoms with Gasteiger partial charge in [-0.25, -0.2) is 0 Å². The van der Waals surface area contributed by atoms with Crippen LogP contribution in [0.2, 0.25) is 0 Å². The van der Waals surface area contributed by atoms with E-state index in [0.29, 0.717) is 6.61 Å². The van der Waals surface area contributed by atoms with Crippen molar-refractivity contribution >= 4 is 5.97 Å². The van der Waals surface area contributed by atoms with Crippen LogP contribution in [0, 0.1) is 9.93 Å². The SMILES string of the molecule is CCOC(C)=O.N#[C][Zn]. The normalized spacial score (nSPS) is 6.11. The maximum absolute atomic E-state index is 9.82. The van der Waals surface area contributed by atoms with Crippen LogP contribution < -0.4 is 0 Å². The van der Waals surface area contributed by atoms with Crippen LogP contribution in [0.5, 0.6) is 0 Å². The van der Waals surface area contributed by atoms with E-state index in [9.17, 15) is 4.79 Å². The van der Waals surface area contributed by atoms with E-state index < -0.39 is 0 Å². The molecule has 0 saturated carbocycles. The fourth-order valence-electron chi connectivity index (χ4n) is 0.203. The third-order valence-electron chi connectivity index (χ3n) is 0.348. The summed E-state index contributed by atoms with van der Waals surface area (Å²) in [7, 11) is 0. The van der Waals surface area contributed by atoms with Crippen LogP contribution in [0.1, 0.15) is 13.8 Å². The van der Waals surface area contributed by atoms with Crippen LogP contribution >= 0.6 is 0 Å². The first-order chi connectivity index (χ1) is 4.18. The van der Waals surface area contributed by atoms with Crippen molar-refractivity contribution in [2.75, 3.05) is 6.61 Å². The first kappa shape index (κ1) is 11.4. The van der Waals surface area contributed by atoms with E-state index in [2.05, 4.69) is 4.74 Å². The number of carbonyl (C=O) groups excluding carboxylic acids is 1. The third kappa shape index (κ3) is 35.4. The maximum atomic E-state index is 9.82. The molecule has 0 rings (SSSR count). The van der Waals surface area contributed by atoms with Gasteiger partial charge in [0.05, 0.1) is 6.61 Å². The number of ether oxygens (including phenoxy) is 1. The van der Waals surface area contributed by atoms with Crippen molar-refractivity contribution < 1.29 is 27.8 Å². The summed E-state index contributed by atoms with van der Waals surface area (Å²) in [6.45, 7) is 3.65. The summed E-state index contributed by atoms with van der Waals surface area (Å²) in [6, 6.07) is 0. The van der Waals surface area contributed by atoms with Crippen molar-refractivity contribution in [2.45, 2.75) is 13.8 Å². The molecule has 4 heteroatoms. The van der Waals surface area contributed by atoms with E-state index >= 15 is 0 Å². The Morgan fingerprint density at radius 2 is 2.22 bits per heavy atom. The summed E-state index contributed by atoms with van der Waals surface area (Å²) in [5, 5.41) is 7.38. The van der Waals surface area contributed by atoms with Gasteiger partial charge in [0.2, 0.25) is 0 Å². The van der Waals surface area contributed by atoms with Gasteiger partial charge in [-0.3, -0.25) is 4.79 Å². The Kier molecular flexibility index (Phi) is 13.3. The minimum absolute atomic E-state index is 0.211. The van der Waals surface area contributed by atoms with Crippen molar-refractivity contribution in [3.8, 4) is 4.66 Å². The standard InChI is InChI=1S/C4H8O2.CN.Zn/c1-3-6-4(2)5;1-2;/h3H2,1-2H3;;. The number of hydrogen-bond donors (Lipinski definition) is 0. The molecule has 0 aliphatic heterocycles. The molecular formula is C5H8NO2Zn. The number of nitriles is 1. The summed E-state index contributed by atoms with van der Waals surface area (Å²) in [5.41, 5.74) is 0. The van der Waals surface area contributed by atoms with E-state index in [1.165, 1.54) is 6.92 Å². The van der Waals surface area contributed by atoms with Crippen molar-refractivity contribution in [3.63, 3.8) is 0 Å². The molecule has 0 aromatic heterocycles. The van der Waals surface area contributed by atoms with E-state index in [1.54, 1.807) is 6.92 Å². The van der Waals surface area contributed by atoms with Gasteiger partial charge in [-0.05, 0) is 6.92 Å². The Hall–Kier alpha value is -0.417. The van der Waals surface area contributed by atoms with Crippen molar-refractivity contribution in [2.24, 2.45) is 0 Å². The first-order valence-electron chi connectivity index (χ1n) is 2.48. The Morgan fingerprint density at radius 3 is 2.22 bits per heavy atom. The van der Waals surface area contributed by atoms with Crippen molar-refractivity contribution in [1.82, 2.24) is 0 Å². The molecule has 0 radical (unpaired) electrons. The van der Waals surface area contributed by atoms with Crippen LogP contribution in [0.25, 0.3) is 0 Å². The second-order valence-corrected chi connectivity index (χ2v) is 1.75. The Balaban J connectivity index is 0. The molecule has 0 bridgehead atoms. The summed E-state index contributed by atoms with van der Waals surface area (Å²) >= 11 is 0.750. The van der Waals surface area contributed by atoms with Gasteiger partial charge in [-0.2, -0.15) is 0 Å². The Morgan fingerprint density at radius 1 is 1.89 bits per heavy atom. The number of rotatable bonds is 1. The predicted molar refractivity (Wildman–Crippen MR) is 27.9 cm³/mol. The monoisotopic (exact) mass is 178 g/mol. The molecule has 0 saturated heterocycles. The third-order valence-corrected chi connectivity index (χ3v) is 0.348. The summed E-state index contributed by atoms with van der Waals surface area (Å²) in [5.74, 6) is -0.211. The summed E-state index contributed by atoms with van der Waals surface area (Å²) < 4.78 is 6.28. The molecule has 0 atom stereocenters. The van der Waals surface area contributed by atoms with Crippen LogP contribution in [0.3, 0.4) is 0 Å². The van der Waals surface area contributed by atoms with Gasteiger partial charge in [0.1, 0.15) is 0 Å². The molecule has 0 amide bonds. The zero-order chi connectivity index (χ0) is 7.70. The predicted octanol–water partition coefficient (Wildman–Crippen LogP) is 0.584. The number of esters is 1. The second kappa shape index (κ2) is 10.5. The Labute approximate surface area is 64.7 Å². The fraction of sp³-hybridized carbons (Fsp3) is 0.600. The van der Waals surface area contributed by atoms with Gasteiger partial charge in [-0.1, -0.05) is 0 Å². The zero-order valence-corrected chi connectivity index (χ0v) is 8.65. The van der Waals surface area contributed by atoms with Gasteiger partial charge in [-0.15, -0.1) is 0 Å². The first-order valence-corrected chi connectivity index (χ1v) is 3.96. The van der Waals surface area contributed by atoms with E-state index in [-0.39, 0.29) is 5.97 Å². The van der Waals surface area contributed by atoms with Gasteiger partial charge in [0.15, 0.2) is 0 Å². The second-order valence-electron chi connectivity index (χ2n) is 1.08. The fourth-order valence-corrected chi connectivity index (χ4v) is 0.203. The molecule has 0 N–H and O–H groups in total. The van der Waals surface area contributed by atoms with Gasteiger partial charge >= 0.3 is 34.2 Å². The van der Waals surface area contributed by atoms with E-state index in [4.69, 9.17) is 5.26 Å². The summed E-state index contributed by atoms with van der Waals surface area (Å²) in [6.07, 6.45) is 0. The molecule has 0 aliphatic rings. The average Bonchev–Trinajstić information content (AvgIpc) is 1.67. The van der Waals surface area contributed by atoms with Gasteiger partial charge in [0, 0.05) is 6.92 Å². The van der Waals surface area contributed by atoms with Crippen molar-refractivity contribution in [3.05, 3.63) is 0 Å². The average molecular weight is 180 g/mol. The summed E-state index contributed by atoms with van der Waals surface area (Å²) in [4.78, 5) is 9.82. The molecule has 0 aliphatic carbocycles. The molecule has 0 aromatic carbocycles. The van der Waals surface area contributed by atoms with E-state index in [1.807, 2.05) is 4.66 Å². The van der Waals surface area contributed by atoms with Crippen LogP contribution in [0.15, 0.2) is 0 Å². The van der Waals surface area contributed by atoms with Crippen LogP contribution in [0.4, 0.5) is 0 Å². The number of carbonyl (C=O) groups is 1. The molecule has 0 heterocycles. The number of nitrogens with zero attached hydrogens (tertiary/aromatic N) is 1. The molecule has 0 fully saturated rings. The Bertz CT molecular complexity index is 108. The zero-order valence-electron chi connectivity index (χ0n) is 5.68. The minimum atomic E-state index is -0.211. The van der Waals surface area contributed by atoms with Crippen LogP contribution in [-0.4, -0.2) is 12.6 Å². The molecule has 0 aromatic rings. The van der Waals surface area contributed by atoms with Crippen molar-refractivity contribution in [1.29, 1.82) is 5.26 Å². The van der Waals surface area contributed by atoms with Crippen LogP contribution in [-0.2, 0) is 27.8 Å². The molecule has 3 nitrogen and oxygen atoms in total. The van der Waals surface area contributed by atoms with Gasteiger partial charge < -0.3 is 4.74 Å².